The van der Waals surface area contributed by atoms with Crippen LogP contribution in [0.25, 0.3) is 0 Å². The fourth-order valence-corrected chi connectivity index (χ4v) is 2.16. The lowest BCUT2D eigenvalue weighted by Gasteiger charge is -2.16. The van der Waals surface area contributed by atoms with E-state index >= 15 is 0 Å². The normalized spacial score (nSPS) is 11.9. The molecule has 0 aliphatic carbocycles. The molecule has 0 heterocycles. The molecular weight excluding hydrogens is 321 g/mol. The van der Waals surface area contributed by atoms with E-state index in [1.54, 1.807) is 25.1 Å². The van der Waals surface area contributed by atoms with Crippen molar-refractivity contribution in [2.75, 3.05) is 5.32 Å². The van der Waals surface area contributed by atoms with Crippen LogP contribution in [0.1, 0.15) is 18.1 Å². The summed E-state index contributed by atoms with van der Waals surface area (Å²) in [5, 5.41) is 3.58. The fourth-order valence-electron chi connectivity index (χ4n) is 1.86. The molecule has 0 aromatic heterocycles. The highest BCUT2D eigenvalue weighted by Crippen LogP contribution is 2.25. The van der Waals surface area contributed by atoms with Crippen molar-refractivity contribution in [3.05, 3.63) is 57.6 Å². The van der Waals surface area contributed by atoms with Crippen molar-refractivity contribution in [3.63, 3.8) is 0 Å². The highest BCUT2D eigenvalue weighted by molar-refractivity contribution is 6.42. The second-order valence-electron chi connectivity index (χ2n) is 5.12. The van der Waals surface area contributed by atoms with Crippen molar-refractivity contribution in [3.8, 4) is 5.75 Å². The molecule has 22 heavy (non-hydrogen) atoms. The number of rotatable bonds is 4. The third-order valence-electron chi connectivity index (χ3n) is 3.35. The van der Waals surface area contributed by atoms with Crippen molar-refractivity contribution in [2.45, 2.75) is 26.9 Å². The third-order valence-corrected chi connectivity index (χ3v) is 4.09. The Morgan fingerprint density at radius 2 is 1.77 bits per heavy atom. The smallest absolute Gasteiger partial charge is 0.265 e. The summed E-state index contributed by atoms with van der Waals surface area (Å²) in [7, 11) is 0. The highest BCUT2D eigenvalue weighted by Gasteiger charge is 2.15. The minimum absolute atomic E-state index is 0.253. The summed E-state index contributed by atoms with van der Waals surface area (Å²) in [5.74, 6) is 0.413. The van der Waals surface area contributed by atoms with Crippen molar-refractivity contribution in [1.29, 1.82) is 0 Å². The van der Waals surface area contributed by atoms with E-state index in [-0.39, 0.29) is 5.91 Å². The first-order chi connectivity index (χ1) is 10.4. The van der Waals surface area contributed by atoms with Gasteiger partial charge >= 0.3 is 0 Å². The molecule has 2 aromatic rings. The van der Waals surface area contributed by atoms with Gasteiger partial charge in [-0.05, 0) is 62.2 Å². The van der Waals surface area contributed by atoms with Gasteiger partial charge in [0, 0.05) is 5.69 Å². The van der Waals surface area contributed by atoms with Crippen LogP contribution in [-0.4, -0.2) is 12.0 Å². The van der Waals surface area contributed by atoms with Crippen LogP contribution in [0.5, 0.6) is 5.75 Å². The standard InChI is InChI=1S/C17H17Cl2NO2/c1-10-4-6-14(8-11(10)2)22-12(3)17(21)20-13-5-7-15(18)16(19)9-13/h4-9,12H,1-3H3,(H,20,21). The number of anilines is 1. The maximum Gasteiger partial charge on any atom is 0.265 e. The lowest BCUT2D eigenvalue weighted by molar-refractivity contribution is -0.122. The Balaban J connectivity index is 2.02. The Morgan fingerprint density at radius 1 is 1.05 bits per heavy atom. The van der Waals surface area contributed by atoms with Crippen LogP contribution in [-0.2, 0) is 4.79 Å². The van der Waals surface area contributed by atoms with Crippen LogP contribution >= 0.6 is 23.2 Å². The summed E-state index contributed by atoms with van der Waals surface area (Å²) in [6.07, 6.45) is -0.628. The van der Waals surface area contributed by atoms with Crippen LogP contribution in [0, 0.1) is 13.8 Å². The summed E-state index contributed by atoms with van der Waals surface area (Å²) in [4.78, 5) is 12.2. The number of carbonyl (C=O) groups is 1. The second-order valence-corrected chi connectivity index (χ2v) is 5.94. The minimum Gasteiger partial charge on any atom is -0.481 e. The van der Waals surface area contributed by atoms with E-state index in [4.69, 9.17) is 27.9 Å². The van der Waals surface area contributed by atoms with Crippen molar-refractivity contribution >= 4 is 34.8 Å². The van der Waals surface area contributed by atoms with Gasteiger partial charge < -0.3 is 10.1 Å². The number of hydrogen-bond donors (Lipinski definition) is 1. The first-order valence-corrected chi connectivity index (χ1v) is 7.62. The summed E-state index contributed by atoms with van der Waals surface area (Å²) >= 11 is 11.8. The van der Waals surface area contributed by atoms with E-state index in [1.165, 1.54) is 5.56 Å². The average molecular weight is 338 g/mol. The van der Waals surface area contributed by atoms with Crippen LogP contribution < -0.4 is 10.1 Å². The zero-order chi connectivity index (χ0) is 16.3. The Labute approximate surface area is 140 Å². The largest absolute Gasteiger partial charge is 0.481 e. The van der Waals surface area contributed by atoms with E-state index in [0.29, 0.717) is 21.5 Å². The van der Waals surface area contributed by atoms with Gasteiger partial charge in [0.25, 0.3) is 5.91 Å². The molecule has 5 heteroatoms. The molecule has 2 aromatic carbocycles. The monoisotopic (exact) mass is 337 g/mol. The van der Waals surface area contributed by atoms with Crippen LogP contribution in [0.2, 0.25) is 10.0 Å². The zero-order valence-corrected chi connectivity index (χ0v) is 14.1. The number of benzene rings is 2. The molecule has 0 aliphatic rings. The quantitative estimate of drug-likeness (QED) is 0.850. The summed E-state index contributed by atoms with van der Waals surface area (Å²) in [6, 6.07) is 10.7. The molecule has 0 fully saturated rings. The minimum atomic E-state index is -0.628. The molecule has 1 amide bonds. The van der Waals surface area contributed by atoms with Gasteiger partial charge in [-0.3, -0.25) is 4.79 Å². The molecule has 0 saturated carbocycles. The molecule has 116 valence electrons. The highest BCUT2D eigenvalue weighted by atomic mass is 35.5. The molecule has 0 spiro atoms. The lowest BCUT2D eigenvalue weighted by atomic mass is 10.1. The SMILES string of the molecule is Cc1ccc(OC(C)C(=O)Nc2ccc(Cl)c(Cl)c2)cc1C. The summed E-state index contributed by atoms with van der Waals surface area (Å²) in [5.41, 5.74) is 2.88. The van der Waals surface area contributed by atoms with Gasteiger partial charge in [0.05, 0.1) is 10.0 Å². The van der Waals surface area contributed by atoms with Gasteiger partial charge in [-0.25, -0.2) is 0 Å². The fraction of sp³-hybridized carbons (Fsp3) is 0.235. The van der Waals surface area contributed by atoms with E-state index in [9.17, 15) is 4.79 Å². The number of aryl methyl sites for hydroxylation is 2. The Hall–Kier alpha value is -1.71. The Bertz CT molecular complexity index is 701. The first-order valence-electron chi connectivity index (χ1n) is 6.86. The maximum atomic E-state index is 12.2. The Morgan fingerprint density at radius 3 is 2.41 bits per heavy atom. The molecule has 0 radical (unpaired) electrons. The lowest BCUT2D eigenvalue weighted by Crippen LogP contribution is -2.30. The van der Waals surface area contributed by atoms with E-state index in [2.05, 4.69) is 5.32 Å². The second kappa shape index (κ2) is 7.03. The number of hydrogen-bond acceptors (Lipinski definition) is 2. The maximum absolute atomic E-state index is 12.2. The van der Waals surface area contributed by atoms with Crippen LogP contribution in [0.3, 0.4) is 0 Å². The van der Waals surface area contributed by atoms with Gasteiger partial charge in [0.2, 0.25) is 0 Å². The van der Waals surface area contributed by atoms with Crippen molar-refractivity contribution in [1.82, 2.24) is 0 Å². The van der Waals surface area contributed by atoms with Gasteiger partial charge in [0.15, 0.2) is 6.10 Å². The summed E-state index contributed by atoms with van der Waals surface area (Å²) < 4.78 is 5.67. The summed E-state index contributed by atoms with van der Waals surface area (Å²) in [6.45, 7) is 5.73. The van der Waals surface area contributed by atoms with E-state index in [0.717, 1.165) is 5.56 Å². The van der Waals surface area contributed by atoms with Crippen LogP contribution in [0.4, 0.5) is 5.69 Å². The number of halogens is 2. The molecule has 0 aliphatic heterocycles. The van der Waals surface area contributed by atoms with Gasteiger partial charge in [0.1, 0.15) is 5.75 Å². The molecule has 2 rings (SSSR count). The predicted octanol–water partition coefficient (Wildman–Crippen LogP) is 5.02. The van der Waals surface area contributed by atoms with E-state index < -0.39 is 6.10 Å². The number of ether oxygens (including phenoxy) is 1. The molecule has 1 atom stereocenters. The predicted molar refractivity (Wildman–Crippen MR) is 91.1 cm³/mol. The Kier molecular flexibility index (Phi) is 5.33. The molecule has 0 bridgehead atoms. The number of amides is 1. The molecule has 1 N–H and O–H groups in total. The molecule has 1 unspecified atom stereocenters. The molecule has 0 saturated heterocycles. The van der Waals surface area contributed by atoms with Crippen LogP contribution in [0.15, 0.2) is 36.4 Å². The third kappa shape index (κ3) is 4.15. The molecule has 3 nitrogen and oxygen atoms in total. The van der Waals surface area contributed by atoms with Gasteiger partial charge in [-0.2, -0.15) is 0 Å². The number of nitrogens with one attached hydrogen (secondary N) is 1. The van der Waals surface area contributed by atoms with Crippen molar-refractivity contribution in [2.24, 2.45) is 0 Å². The van der Waals surface area contributed by atoms with Gasteiger partial charge in [-0.15, -0.1) is 0 Å². The first kappa shape index (κ1) is 16.7. The molecular formula is C17H17Cl2NO2. The number of carbonyl (C=O) groups excluding carboxylic acids is 1. The van der Waals surface area contributed by atoms with Gasteiger partial charge in [-0.1, -0.05) is 29.3 Å². The van der Waals surface area contributed by atoms with Crippen molar-refractivity contribution < 1.29 is 9.53 Å². The topological polar surface area (TPSA) is 38.3 Å². The van der Waals surface area contributed by atoms with E-state index in [1.807, 2.05) is 32.0 Å². The average Bonchev–Trinajstić information content (AvgIpc) is 2.46. The zero-order valence-electron chi connectivity index (χ0n) is 12.6.